The first-order chi connectivity index (χ1) is 13.7. The number of aromatic nitrogens is 1. The monoisotopic (exact) mass is 414 g/mol. The third kappa shape index (κ3) is 5.59. The molecule has 2 amide bonds. The fourth-order valence-corrected chi connectivity index (χ4v) is 4.00. The Balaban J connectivity index is 1.54. The summed E-state index contributed by atoms with van der Waals surface area (Å²) in [5.41, 5.74) is 5.34. The molecule has 1 aromatic heterocycles. The first kappa shape index (κ1) is 21.4. The van der Waals surface area contributed by atoms with Gasteiger partial charge in [-0.1, -0.05) is 0 Å². The van der Waals surface area contributed by atoms with Crippen LogP contribution in [0.25, 0.3) is 0 Å². The fraction of sp³-hybridized carbons (Fsp3) is 0.632. The summed E-state index contributed by atoms with van der Waals surface area (Å²) in [4.78, 5) is 31.4. The lowest BCUT2D eigenvalue weighted by Gasteiger charge is -2.35. The van der Waals surface area contributed by atoms with Gasteiger partial charge in [0, 0.05) is 18.7 Å². The van der Waals surface area contributed by atoms with E-state index in [1.54, 1.807) is 17.0 Å². The molecule has 1 atom stereocenters. The van der Waals surface area contributed by atoms with Crippen molar-refractivity contribution in [1.29, 1.82) is 0 Å². The Labute approximate surface area is 167 Å². The van der Waals surface area contributed by atoms with Crippen molar-refractivity contribution in [3.8, 4) is 5.75 Å². The van der Waals surface area contributed by atoms with E-state index in [-0.39, 0.29) is 49.0 Å². The van der Waals surface area contributed by atoms with Gasteiger partial charge in [-0.25, -0.2) is 4.98 Å². The van der Waals surface area contributed by atoms with Crippen molar-refractivity contribution < 1.29 is 27.5 Å². The maximum Gasteiger partial charge on any atom is 0.401 e. The van der Waals surface area contributed by atoms with Gasteiger partial charge < -0.3 is 15.4 Å². The van der Waals surface area contributed by atoms with Crippen LogP contribution in [0.15, 0.2) is 18.3 Å². The second-order valence-electron chi connectivity index (χ2n) is 7.52. The Morgan fingerprint density at radius 3 is 2.59 bits per heavy atom. The van der Waals surface area contributed by atoms with Crippen LogP contribution in [0.1, 0.15) is 36.2 Å². The van der Waals surface area contributed by atoms with Crippen LogP contribution in [0.5, 0.6) is 5.75 Å². The number of ether oxygens (including phenoxy) is 1. The number of likely N-dealkylation sites (tertiary alicyclic amines) is 2. The van der Waals surface area contributed by atoms with Crippen LogP contribution in [0, 0.1) is 5.92 Å². The van der Waals surface area contributed by atoms with Gasteiger partial charge in [-0.15, -0.1) is 0 Å². The quantitative estimate of drug-likeness (QED) is 0.767. The van der Waals surface area contributed by atoms with Gasteiger partial charge in [0.1, 0.15) is 6.61 Å². The molecule has 2 aliphatic rings. The number of alkyl halides is 3. The Hall–Kier alpha value is -2.36. The van der Waals surface area contributed by atoms with E-state index in [0.717, 1.165) is 12.8 Å². The lowest BCUT2D eigenvalue weighted by molar-refractivity contribution is -0.151. The summed E-state index contributed by atoms with van der Waals surface area (Å²) < 4.78 is 43.3. The van der Waals surface area contributed by atoms with Gasteiger partial charge in [0.05, 0.1) is 12.6 Å². The lowest BCUT2D eigenvalue weighted by Crippen LogP contribution is -2.47. The summed E-state index contributed by atoms with van der Waals surface area (Å²) in [7, 11) is 0. The number of carbonyl (C=O) groups is 2. The minimum Gasteiger partial charge on any atom is -0.489 e. The molecule has 2 N–H and O–H groups in total. The van der Waals surface area contributed by atoms with Crippen molar-refractivity contribution >= 4 is 11.8 Å². The number of amides is 2. The number of pyridine rings is 1. The van der Waals surface area contributed by atoms with Crippen LogP contribution in [-0.2, 0) is 4.79 Å². The SMILES string of the molecule is NC(=O)c1ncccc1OCC1CCCN1C(=O)C1CCN(CC(F)(F)F)CC1. The number of halogens is 3. The number of hydrogen-bond acceptors (Lipinski definition) is 5. The van der Waals surface area contributed by atoms with E-state index in [1.807, 2.05) is 0 Å². The van der Waals surface area contributed by atoms with Crippen LogP contribution < -0.4 is 10.5 Å². The molecule has 3 rings (SSSR count). The van der Waals surface area contributed by atoms with E-state index < -0.39 is 18.6 Å². The standard InChI is InChI=1S/C19H25F3N4O3/c20-19(21,22)12-25-9-5-13(6-10-25)18(28)26-8-2-3-14(26)11-29-15-4-1-7-24-16(15)17(23)27/h1,4,7,13-14H,2-3,5-6,8-12H2,(H2,23,27). The van der Waals surface area contributed by atoms with Crippen molar-refractivity contribution in [3.63, 3.8) is 0 Å². The molecule has 0 bridgehead atoms. The Morgan fingerprint density at radius 1 is 1.21 bits per heavy atom. The van der Waals surface area contributed by atoms with Gasteiger partial charge in [-0.3, -0.25) is 14.5 Å². The molecule has 2 aliphatic heterocycles. The molecule has 1 aromatic rings. The smallest absolute Gasteiger partial charge is 0.401 e. The van der Waals surface area contributed by atoms with Gasteiger partial charge in [0.2, 0.25) is 5.91 Å². The zero-order valence-corrected chi connectivity index (χ0v) is 16.0. The van der Waals surface area contributed by atoms with Crippen LogP contribution in [-0.4, -0.2) is 71.6 Å². The zero-order valence-electron chi connectivity index (χ0n) is 16.0. The summed E-state index contributed by atoms with van der Waals surface area (Å²) in [5.74, 6) is -0.700. The highest BCUT2D eigenvalue weighted by molar-refractivity contribution is 5.93. The predicted octanol–water partition coefficient (Wildman–Crippen LogP) is 1.82. The summed E-state index contributed by atoms with van der Waals surface area (Å²) in [5, 5.41) is 0. The molecule has 1 unspecified atom stereocenters. The fourth-order valence-electron chi connectivity index (χ4n) is 4.00. The number of hydrogen-bond donors (Lipinski definition) is 1. The second kappa shape index (κ2) is 8.98. The highest BCUT2D eigenvalue weighted by Crippen LogP contribution is 2.27. The molecular formula is C19H25F3N4O3. The topological polar surface area (TPSA) is 88.8 Å². The van der Waals surface area contributed by atoms with Crippen LogP contribution >= 0.6 is 0 Å². The minimum absolute atomic E-state index is 0.0240. The van der Waals surface area contributed by atoms with Crippen LogP contribution in [0.4, 0.5) is 13.2 Å². The number of piperidine rings is 1. The third-order valence-electron chi connectivity index (χ3n) is 5.44. The first-order valence-electron chi connectivity index (χ1n) is 9.72. The molecular weight excluding hydrogens is 389 g/mol. The summed E-state index contributed by atoms with van der Waals surface area (Å²) in [6.07, 6.45) is -0.318. The highest BCUT2D eigenvalue weighted by atomic mass is 19.4. The molecule has 0 spiro atoms. The van der Waals surface area contributed by atoms with E-state index in [4.69, 9.17) is 10.5 Å². The molecule has 0 aliphatic carbocycles. The highest BCUT2D eigenvalue weighted by Gasteiger charge is 2.37. The molecule has 2 fully saturated rings. The normalized spacial score (nSPS) is 21.3. The number of primary amides is 1. The number of nitrogens with two attached hydrogens (primary N) is 1. The van der Waals surface area contributed by atoms with Crippen molar-refractivity contribution in [2.45, 2.75) is 37.9 Å². The van der Waals surface area contributed by atoms with Gasteiger partial charge in [0.25, 0.3) is 5.91 Å². The van der Waals surface area contributed by atoms with Gasteiger partial charge in [0.15, 0.2) is 11.4 Å². The Bertz CT molecular complexity index is 736. The Kier molecular flexibility index (Phi) is 6.61. The third-order valence-corrected chi connectivity index (χ3v) is 5.44. The van der Waals surface area contributed by atoms with E-state index in [1.165, 1.54) is 11.1 Å². The lowest BCUT2D eigenvalue weighted by atomic mass is 9.95. The van der Waals surface area contributed by atoms with Crippen molar-refractivity contribution in [1.82, 2.24) is 14.8 Å². The zero-order chi connectivity index (χ0) is 21.0. The largest absolute Gasteiger partial charge is 0.489 e. The summed E-state index contributed by atoms with van der Waals surface area (Å²) in [6, 6.07) is 3.09. The molecule has 7 nitrogen and oxygen atoms in total. The van der Waals surface area contributed by atoms with Gasteiger partial charge >= 0.3 is 6.18 Å². The molecule has 160 valence electrons. The average Bonchev–Trinajstić information content (AvgIpc) is 3.14. The van der Waals surface area contributed by atoms with Gasteiger partial charge in [-0.2, -0.15) is 13.2 Å². The Morgan fingerprint density at radius 2 is 1.93 bits per heavy atom. The molecule has 29 heavy (non-hydrogen) atoms. The number of carbonyl (C=O) groups excluding carboxylic acids is 2. The first-order valence-corrected chi connectivity index (χ1v) is 9.72. The van der Waals surface area contributed by atoms with Crippen molar-refractivity contribution in [2.24, 2.45) is 11.7 Å². The van der Waals surface area contributed by atoms with Crippen molar-refractivity contribution in [3.05, 3.63) is 24.0 Å². The summed E-state index contributed by atoms with van der Waals surface area (Å²) >= 11 is 0. The van der Waals surface area contributed by atoms with E-state index in [0.29, 0.717) is 19.4 Å². The predicted molar refractivity (Wildman–Crippen MR) is 98.2 cm³/mol. The molecule has 0 saturated carbocycles. The van der Waals surface area contributed by atoms with Crippen molar-refractivity contribution in [2.75, 3.05) is 32.8 Å². The molecule has 3 heterocycles. The molecule has 2 saturated heterocycles. The summed E-state index contributed by atoms with van der Waals surface area (Å²) in [6.45, 7) is 0.419. The maximum atomic E-state index is 12.9. The van der Waals surface area contributed by atoms with Gasteiger partial charge in [-0.05, 0) is 50.9 Å². The average molecular weight is 414 g/mol. The molecule has 10 heteroatoms. The number of nitrogens with zero attached hydrogens (tertiary/aromatic N) is 3. The number of rotatable bonds is 6. The van der Waals surface area contributed by atoms with Crippen LogP contribution in [0.2, 0.25) is 0 Å². The van der Waals surface area contributed by atoms with E-state index in [9.17, 15) is 22.8 Å². The van der Waals surface area contributed by atoms with Crippen LogP contribution in [0.3, 0.4) is 0 Å². The molecule has 0 radical (unpaired) electrons. The van der Waals surface area contributed by atoms with E-state index in [2.05, 4.69) is 4.98 Å². The second-order valence-corrected chi connectivity index (χ2v) is 7.52. The maximum absolute atomic E-state index is 12.9. The molecule has 0 aromatic carbocycles. The van der Waals surface area contributed by atoms with E-state index >= 15 is 0 Å². The minimum atomic E-state index is -4.22.